The molecule has 2 aliphatic heterocycles. The predicted octanol–water partition coefficient (Wildman–Crippen LogP) is 6.99. The molecule has 44 heavy (non-hydrogen) atoms. The Hall–Kier alpha value is -4.47. The number of piperidine rings is 1. The van der Waals surface area contributed by atoms with Crippen LogP contribution < -0.4 is 9.47 Å². The average molecular weight is 613 g/mol. The highest BCUT2D eigenvalue weighted by molar-refractivity contribution is 6.30. The number of benzene rings is 3. The van der Waals surface area contributed by atoms with Gasteiger partial charge in [-0.15, -0.1) is 0 Å². The van der Waals surface area contributed by atoms with E-state index in [0.717, 1.165) is 53.9 Å². The fourth-order valence-corrected chi connectivity index (χ4v) is 6.47. The topological polar surface area (TPSA) is 89.7 Å². The Morgan fingerprint density at radius 3 is 2.66 bits per heavy atom. The minimum atomic E-state index is -1.29. The predicted molar refractivity (Wildman–Crippen MR) is 164 cm³/mol. The summed E-state index contributed by atoms with van der Waals surface area (Å²) in [5.74, 6) is -0.345. The molecule has 0 aliphatic carbocycles. The number of rotatable bonds is 7. The number of fused-ring (bicyclic) bond motifs is 2. The molecule has 10 heteroatoms. The second kappa shape index (κ2) is 11.2. The van der Waals surface area contributed by atoms with Crippen LogP contribution in [0.2, 0.25) is 5.02 Å². The molecular formula is C34H30ClFN4O4. The van der Waals surface area contributed by atoms with Crippen LogP contribution in [-0.4, -0.2) is 43.6 Å². The highest BCUT2D eigenvalue weighted by Gasteiger charge is 2.43. The van der Waals surface area contributed by atoms with E-state index in [9.17, 15) is 14.3 Å². The maximum absolute atomic E-state index is 14.8. The van der Waals surface area contributed by atoms with Crippen LogP contribution in [0.1, 0.15) is 58.6 Å². The number of hydrogen-bond acceptors (Lipinski definition) is 6. The number of carboxylic acids is 1. The number of hydrogen-bond donors (Lipinski definition) is 1. The lowest BCUT2D eigenvalue weighted by Crippen LogP contribution is -2.34. The number of nitrogens with zero attached hydrogens (tertiary/aromatic N) is 4. The first-order chi connectivity index (χ1) is 21.3. The average Bonchev–Trinajstić information content (AvgIpc) is 3.54. The van der Waals surface area contributed by atoms with Gasteiger partial charge in [0, 0.05) is 29.9 Å². The molecule has 0 spiro atoms. The molecule has 0 amide bonds. The Bertz CT molecular complexity index is 1870. The van der Waals surface area contributed by atoms with Crippen LogP contribution in [-0.2, 0) is 18.9 Å². The lowest BCUT2D eigenvalue weighted by atomic mass is 9.88. The van der Waals surface area contributed by atoms with Crippen molar-refractivity contribution in [2.75, 3.05) is 13.1 Å². The standard InChI is InChI=1S/C34H30ClFN4O4/c1-34(26-9-8-24(35)17-27(26)36)43-30-6-2-5-25(32(30)44-34)22-11-14-39(15-12-22)20-31-38-28-10-7-23(33(41)42)16-29(28)40(31)19-21-4-3-13-37-18-21/h2-10,13,16-18,22H,11-12,14-15,19-20H2,1H3,(H,41,42). The van der Waals surface area contributed by atoms with Crippen molar-refractivity contribution in [2.24, 2.45) is 0 Å². The second-order valence-electron chi connectivity index (χ2n) is 11.5. The summed E-state index contributed by atoms with van der Waals surface area (Å²) in [5, 5.41) is 9.91. The molecule has 5 aromatic rings. The molecule has 1 unspecified atom stereocenters. The van der Waals surface area contributed by atoms with E-state index >= 15 is 0 Å². The zero-order valence-corrected chi connectivity index (χ0v) is 24.8. The summed E-state index contributed by atoms with van der Waals surface area (Å²) >= 11 is 5.98. The monoisotopic (exact) mass is 612 g/mol. The Morgan fingerprint density at radius 1 is 1.07 bits per heavy atom. The van der Waals surface area contributed by atoms with E-state index in [1.807, 2.05) is 30.5 Å². The van der Waals surface area contributed by atoms with Gasteiger partial charge in [0.05, 0.1) is 35.2 Å². The number of aromatic nitrogens is 3. The Kier molecular flexibility index (Phi) is 7.22. The van der Waals surface area contributed by atoms with Gasteiger partial charge in [-0.05, 0) is 85.9 Å². The number of ether oxygens (including phenoxy) is 2. The molecule has 8 nitrogen and oxygen atoms in total. The van der Waals surface area contributed by atoms with E-state index in [0.29, 0.717) is 35.2 Å². The van der Waals surface area contributed by atoms with Crippen LogP contribution in [0.3, 0.4) is 0 Å². The first-order valence-electron chi connectivity index (χ1n) is 14.6. The van der Waals surface area contributed by atoms with Crippen molar-refractivity contribution < 1.29 is 23.8 Å². The molecule has 1 atom stereocenters. The van der Waals surface area contributed by atoms with Crippen molar-refractivity contribution in [1.29, 1.82) is 0 Å². The molecule has 224 valence electrons. The third kappa shape index (κ3) is 5.27. The van der Waals surface area contributed by atoms with Crippen LogP contribution in [0.25, 0.3) is 11.0 Å². The van der Waals surface area contributed by atoms with Gasteiger partial charge in [0.1, 0.15) is 11.6 Å². The molecule has 2 aliphatic rings. The quantitative estimate of drug-likeness (QED) is 0.212. The van der Waals surface area contributed by atoms with Gasteiger partial charge in [0.25, 0.3) is 5.79 Å². The molecule has 1 saturated heterocycles. The summed E-state index contributed by atoms with van der Waals surface area (Å²) in [5.41, 5.74) is 4.15. The van der Waals surface area contributed by atoms with Crippen molar-refractivity contribution in [2.45, 2.75) is 44.6 Å². The number of aromatic carboxylic acids is 1. The van der Waals surface area contributed by atoms with Gasteiger partial charge in [-0.3, -0.25) is 9.88 Å². The molecule has 3 aromatic carbocycles. The van der Waals surface area contributed by atoms with E-state index < -0.39 is 17.6 Å². The molecule has 2 aromatic heterocycles. The Morgan fingerprint density at radius 2 is 1.91 bits per heavy atom. The van der Waals surface area contributed by atoms with Crippen LogP contribution >= 0.6 is 11.6 Å². The maximum atomic E-state index is 14.8. The molecule has 4 heterocycles. The van der Waals surface area contributed by atoms with E-state index in [4.69, 9.17) is 26.1 Å². The zero-order valence-electron chi connectivity index (χ0n) is 24.0. The Balaban J connectivity index is 1.10. The normalized spacial score (nSPS) is 18.6. The summed E-state index contributed by atoms with van der Waals surface area (Å²) in [6.45, 7) is 4.58. The highest BCUT2D eigenvalue weighted by atomic mass is 35.5. The van der Waals surface area contributed by atoms with Gasteiger partial charge in [0.2, 0.25) is 0 Å². The van der Waals surface area contributed by atoms with Crippen molar-refractivity contribution >= 4 is 28.6 Å². The first-order valence-corrected chi connectivity index (χ1v) is 15.0. The molecule has 1 N–H and O–H groups in total. The fraction of sp³-hybridized carbons (Fsp3) is 0.265. The van der Waals surface area contributed by atoms with Crippen molar-refractivity contribution in [3.63, 3.8) is 0 Å². The minimum Gasteiger partial charge on any atom is -0.478 e. The number of carbonyl (C=O) groups is 1. The molecule has 0 saturated carbocycles. The summed E-state index contributed by atoms with van der Waals surface area (Å²) < 4.78 is 29.5. The molecule has 1 fully saturated rings. The van der Waals surface area contributed by atoms with Gasteiger partial charge in [0.15, 0.2) is 11.5 Å². The van der Waals surface area contributed by atoms with Crippen molar-refractivity contribution in [1.82, 2.24) is 19.4 Å². The van der Waals surface area contributed by atoms with E-state index in [1.165, 1.54) is 6.07 Å². The third-order valence-electron chi connectivity index (χ3n) is 8.56. The van der Waals surface area contributed by atoms with Crippen LogP contribution in [0.4, 0.5) is 4.39 Å². The summed E-state index contributed by atoms with van der Waals surface area (Å²) in [6, 6.07) is 19.3. The van der Waals surface area contributed by atoms with Crippen LogP contribution in [0.15, 0.2) is 79.1 Å². The summed E-state index contributed by atoms with van der Waals surface area (Å²) in [7, 11) is 0. The van der Waals surface area contributed by atoms with E-state index in [-0.39, 0.29) is 11.5 Å². The summed E-state index contributed by atoms with van der Waals surface area (Å²) in [6.07, 6.45) is 5.35. The number of pyridine rings is 1. The number of carboxylic acid groups (broad SMARTS) is 1. The van der Waals surface area contributed by atoms with E-state index in [2.05, 4.69) is 20.5 Å². The van der Waals surface area contributed by atoms with Crippen LogP contribution in [0, 0.1) is 5.82 Å². The first kappa shape index (κ1) is 28.3. The molecule has 0 bridgehead atoms. The number of para-hydroxylation sites is 1. The fourth-order valence-electron chi connectivity index (χ4n) is 6.32. The van der Waals surface area contributed by atoms with Gasteiger partial charge in [-0.25, -0.2) is 14.2 Å². The lowest BCUT2D eigenvalue weighted by Gasteiger charge is -2.32. The van der Waals surface area contributed by atoms with Gasteiger partial charge >= 0.3 is 5.97 Å². The third-order valence-corrected chi connectivity index (χ3v) is 8.80. The maximum Gasteiger partial charge on any atom is 0.335 e. The number of likely N-dealkylation sites (tertiary alicyclic amines) is 1. The minimum absolute atomic E-state index is 0.230. The van der Waals surface area contributed by atoms with Crippen LogP contribution in [0.5, 0.6) is 11.5 Å². The lowest BCUT2D eigenvalue weighted by molar-refractivity contribution is -0.0712. The second-order valence-corrected chi connectivity index (χ2v) is 11.9. The smallest absolute Gasteiger partial charge is 0.335 e. The van der Waals surface area contributed by atoms with Crippen molar-refractivity contribution in [3.8, 4) is 11.5 Å². The Labute approximate surface area is 258 Å². The van der Waals surface area contributed by atoms with E-state index in [1.54, 1.807) is 43.5 Å². The largest absolute Gasteiger partial charge is 0.478 e. The SMILES string of the molecule is CC1(c2ccc(Cl)cc2F)Oc2cccc(C3CCN(Cc4nc5ccc(C(=O)O)cc5n4Cc4cccnc4)CC3)c2O1. The van der Waals surface area contributed by atoms with Gasteiger partial charge < -0.3 is 19.1 Å². The van der Waals surface area contributed by atoms with Gasteiger partial charge in [-0.1, -0.05) is 29.8 Å². The number of imidazole rings is 1. The van der Waals surface area contributed by atoms with Crippen molar-refractivity contribution in [3.05, 3.63) is 118 Å². The van der Waals surface area contributed by atoms with Gasteiger partial charge in [-0.2, -0.15) is 0 Å². The summed E-state index contributed by atoms with van der Waals surface area (Å²) in [4.78, 5) is 23.3. The zero-order chi connectivity index (χ0) is 30.4. The highest BCUT2D eigenvalue weighted by Crippen LogP contribution is 2.49. The molecule has 7 rings (SSSR count). The molecule has 0 radical (unpaired) electrons. The molecular weight excluding hydrogens is 583 g/mol. The number of halogens is 2.